The fraction of sp³-hybridized carbons (Fsp3) is 0.526. The highest BCUT2D eigenvalue weighted by atomic mass is 16.5. The number of nitrogens with zero attached hydrogens (tertiary/aromatic N) is 4. The maximum Gasteiger partial charge on any atom is 0.319 e. The number of likely N-dealkylation sites (tertiary alicyclic amines) is 1. The number of hydrogen-bond acceptors (Lipinski definition) is 5. The molecule has 0 bridgehead atoms. The average Bonchev–Trinajstić information content (AvgIpc) is 3.43. The molecule has 1 aromatic carbocycles. The third-order valence-corrected chi connectivity index (χ3v) is 5.42. The zero-order valence-electron chi connectivity index (χ0n) is 15.6. The van der Waals surface area contributed by atoms with Gasteiger partial charge in [-0.2, -0.15) is 0 Å². The van der Waals surface area contributed by atoms with Gasteiger partial charge >= 0.3 is 6.03 Å². The molecule has 2 fully saturated rings. The van der Waals surface area contributed by atoms with Crippen LogP contribution in [0, 0.1) is 0 Å². The molecular formula is C19H26N6O2. The lowest BCUT2D eigenvalue weighted by atomic mass is 10.1. The van der Waals surface area contributed by atoms with E-state index >= 15 is 0 Å². The summed E-state index contributed by atoms with van der Waals surface area (Å²) in [5, 5.41) is 13.8. The molecule has 144 valence electrons. The van der Waals surface area contributed by atoms with Crippen molar-refractivity contribution in [1.29, 1.82) is 0 Å². The lowest BCUT2D eigenvalue weighted by Crippen LogP contribution is -2.51. The molecule has 27 heavy (non-hydrogen) atoms. The first-order chi connectivity index (χ1) is 13.2. The number of carbonyl (C=O) groups excluding carboxylic acids is 1. The van der Waals surface area contributed by atoms with Crippen molar-refractivity contribution in [3.63, 3.8) is 0 Å². The van der Waals surface area contributed by atoms with Gasteiger partial charge in [-0.15, -0.1) is 10.2 Å². The summed E-state index contributed by atoms with van der Waals surface area (Å²) in [5.74, 6) is 0. The van der Waals surface area contributed by atoms with Crippen molar-refractivity contribution in [2.45, 2.75) is 38.3 Å². The van der Waals surface area contributed by atoms with E-state index in [1.807, 2.05) is 22.8 Å². The van der Waals surface area contributed by atoms with E-state index in [2.05, 4.69) is 32.7 Å². The van der Waals surface area contributed by atoms with Crippen LogP contribution in [0.2, 0.25) is 0 Å². The molecule has 2 atom stereocenters. The lowest BCUT2D eigenvalue weighted by molar-refractivity contribution is 0.159. The SMILES string of the molecule is CCc1ccc(-n2cnnc2)cc1NC(=O)N[C@H]1COC[C@@H]1N1CCCC1. The summed E-state index contributed by atoms with van der Waals surface area (Å²) >= 11 is 0. The van der Waals surface area contributed by atoms with E-state index in [9.17, 15) is 4.79 Å². The number of urea groups is 1. The van der Waals surface area contributed by atoms with Gasteiger partial charge in [0.15, 0.2) is 0 Å². The normalized spacial score (nSPS) is 22.9. The minimum absolute atomic E-state index is 0.0224. The Morgan fingerprint density at radius 2 is 2.00 bits per heavy atom. The minimum Gasteiger partial charge on any atom is -0.378 e. The van der Waals surface area contributed by atoms with Crippen molar-refractivity contribution in [2.75, 3.05) is 31.6 Å². The fourth-order valence-corrected chi connectivity index (χ4v) is 3.92. The van der Waals surface area contributed by atoms with E-state index in [0.29, 0.717) is 13.2 Å². The van der Waals surface area contributed by atoms with E-state index in [4.69, 9.17) is 4.74 Å². The molecule has 2 amide bonds. The topological polar surface area (TPSA) is 84.3 Å². The number of benzene rings is 1. The molecular weight excluding hydrogens is 344 g/mol. The van der Waals surface area contributed by atoms with Crippen LogP contribution in [0.5, 0.6) is 0 Å². The first-order valence-electron chi connectivity index (χ1n) is 9.62. The number of aryl methyl sites for hydroxylation is 1. The second-order valence-electron chi connectivity index (χ2n) is 7.12. The number of amides is 2. The lowest BCUT2D eigenvalue weighted by Gasteiger charge is -2.28. The Morgan fingerprint density at radius 3 is 2.74 bits per heavy atom. The molecule has 0 saturated carbocycles. The Morgan fingerprint density at radius 1 is 1.22 bits per heavy atom. The standard InChI is InChI=1S/C19H26N6O2/c1-2-14-5-6-15(25-12-20-21-13-25)9-16(14)22-19(26)23-17-10-27-11-18(17)24-7-3-4-8-24/h5-6,9,12-13,17-18H,2-4,7-8,10-11H2,1H3,(H2,22,23,26)/t17-,18-/m0/s1. The molecule has 4 rings (SSSR count). The van der Waals surface area contributed by atoms with Crippen LogP contribution in [0.3, 0.4) is 0 Å². The van der Waals surface area contributed by atoms with Crippen LogP contribution in [-0.2, 0) is 11.2 Å². The summed E-state index contributed by atoms with van der Waals surface area (Å²) in [7, 11) is 0. The first-order valence-corrected chi connectivity index (χ1v) is 9.62. The van der Waals surface area contributed by atoms with Crippen molar-refractivity contribution < 1.29 is 9.53 Å². The van der Waals surface area contributed by atoms with E-state index in [1.54, 1.807) is 12.7 Å². The van der Waals surface area contributed by atoms with Gasteiger partial charge in [-0.25, -0.2) is 4.79 Å². The van der Waals surface area contributed by atoms with Gasteiger partial charge in [0.1, 0.15) is 12.7 Å². The smallest absolute Gasteiger partial charge is 0.319 e. The predicted octanol–water partition coefficient (Wildman–Crippen LogP) is 1.81. The summed E-state index contributed by atoms with van der Waals surface area (Å²) in [6.07, 6.45) is 6.57. The average molecular weight is 370 g/mol. The Bertz CT molecular complexity index is 773. The molecule has 8 heteroatoms. The van der Waals surface area contributed by atoms with Crippen LogP contribution in [0.1, 0.15) is 25.3 Å². The van der Waals surface area contributed by atoms with E-state index in [1.165, 1.54) is 12.8 Å². The highest BCUT2D eigenvalue weighted by Gasteiger charge is 2.35. The molecule has 0 unspecified atom stereocenters. The monoisotopic (exact) mass is 370 g/mol. The van der Waals surface area contributed by atoms with Gasteiger partial charge in [0.05, 0.1) is 31.0 Å². The predicted molar refractivity (Wildman–Crippen MR) is 102 cm³/mol. The van der Waals surface area contributed by atoms with Crippen LogP contribution in [0.25, 0.3) is 5.69 Å². The maximum atomic E-state index is 12.7. The van der Waals surface area contributed by atoms with Gasteiger partial charge in [0, 0.05) is 5.69 Å². The third-order valence-electron chi connectivity index (χ3n) is 5.42. The van der Waals surface area contributed by atoms with Crippen LogP contribution in [0.15, 0.2) is 30.9 Å². The molecule has 2 aromatic rings. The minimum atomic E-state index is -0.190. The van der Waals surface area contributed by atoms with Gasteiger partial charge in [-0.05, 0) is 50.0 Å². The Kier molecular flexibility index (Phi) is 5.35. The second kappa shape index (κ2) is 8.06. The van der Waals surface area contributed by atoms with Crippen molar-refractivity contribution in [2.24, 2.45) is 0 Å². The Labute approximate surface area is 158 Å². The zero-order chi connectivity index (χ0) is 18.6. The molecule has 8 nitrogen and oxygen atoms in total. The Hall–Kier alpha value is -2.45. The van der Waals surface area contributed by atoms with Gasteiger partial charge in [-0.1, -0.05) is 13.0 Å². The number of aromatic nitrogens is 3. The summed E-state index contributed by atoms with van der Waals surface area (Å²) < 4.78 is 7.46. The van der Waals surface area contributed by atoms with Crippen LogP contribution >= 0.6 is 0 Å². The molecule has 2 saturated heterocycles. The fourth-order valence-electron chi connectivity index (χ4n) is 3.92. The highest BCUT2D eigenvalue weighted by Crippen LogP contribution is 2.22. The molecule has 2 aliphatic heterocycles. The second-order valence-corrected chi connectivity index (χ2v) is 7.12. The molecule has 2 aliphatic rings. The van der Waals surface area contributed by atoms with E-state index < -0.39 is 0 Å². The molecule has 0 spiro atoms. The van der Waals surface area contributed by atoms with Crippen LogP contribution in [0.4, 0.5) is 10.5 Å². The number of hydrogen-bond donors (Lipinski definition) is 2. The first kappa shape index (κ1) is 17.9. The molecule has 2 N–H and O–H groups in total. The Balaban J connectivity index is 1.45. The van der Waals surface area contributed by atoms with Crippen molar-refractivity contribution in [1.82, 2.24) is 25.0 Å². The van der Waals surface area contributed by atoms with Crippen molar-refractivity contribution >= 4 is 11.7 Å². The van der Waals surface area contributed by atoms with E-state index in [0.717, 1.165) is 36.4 Å². The number of ether oxygens (including phenoxy) is 1. The number of nitrogens with one attached hydrogen (secondary N) is 2. The highest BCUT2D eigenvalue weighted by molar-refractivity contribution is 5.90. The van der Waals surface area contributed by atoms with Gasteiger partial charge in [0.2, 0.25) is 0 Å². The number of anilines is 1. The van der Waals surface area contributed by atoms with Crippen molar-refractivity contribution in [3.8, 4) is 5.69 Å². The number of rotatable bonds is 5. The van der Waals surface area contributed by atoms with Gasteiger partial charge in [-0.3, -0.25) is 9.47 Å². The third kappa shape index (κ3) is 3.96. The van der Waals surface area contributed by atoms with Crippen LogP contribution < -0.4 is 10.6 Å². The summed E-state index contributed by atoms with van der Waals surface area (Å²) in [6, 6.07) is 6.08. The quantitative estimate of drug-likeness (QED) is 0.839. The zero-order valence-corrected chi connectivity index (χ0v) is 15.6. The maximum absolute atomic E-state index is 12.7. The molecule has 0 radical (unpaired) electrons. The van der Waals surface area contributed by atoms with E-state index in [-0.39, 0.29) is 18.1 Å². The molecule has 3 heterocycles. The summed E-state index contributed by atoms with van der Waals surface area (Å²) in [5.41, 5.74) is 2.80. The molecule has 1 aromatic heterocycles. The summed E-state index contributed by atoms with van der Waals surface area (Å²) in [4.78, 5) is 15.1. The molecule has 0 aliphatic carbocycles. The van der Waals surface area contributed by atoms with Gasteiger partial charge < -0.3 is 15.4 Å². The number of carbonyl (C=O) groups is 1. The largest absolute Gasteiger partial charge is 0.378 e. The summed E-state index contributed by atoms with van der Waals surface area (Å²) in [6.45, 7) is 5.51. The van der Waals surface area contributed by atoms with Crippen molar-refractivity contribution in [3.05, 3.63) is 36.4 Å². The van der Waals surface area contributed by atoms with Crippen LogP contribution in [-0.4, -0.2) is 64.1 Å². The van der Waals surface area contributed by atoms with Gasteiger partial charge in [0.25, 0.3) is 0 Å².